The molecule has 0 saturated heterocycles. The van der Waals surface area contributed by atoms with E-state index in [2.05, 4.69) is 10.4 Å². The summed E-state index contributed by atoms with van der Waals surface area (Å²) in [5, 5.41) is 26.2. The predicted molar refractivity (Wildman–Crippen MR) is 48.8 cm³/mol. The number of rotatable bonds is 5. The third-order valence-corrected chi connectivity index (χ3v) is 1.67. The molecule has 1 atom stereocenters. The summed E-state index contributed by atoms with van der Waals surface area (Å²) in [4.78, 5) is 9.78. The Bertz CT molecular complexity index is 312. The van der Waals surface area contributed by atoms with Crippen LogP contribution < -0.4 is 5.32 Å². The number of aliphatic hydroxyl groups excluding tert-OH is 1. The molecule has 1 aromatic rings. The van der Waals surface area contributed by atoms with Crippen LogP contribution >= 0.6 is 0 Å². The molecule has 1 rings (SSSR count). The zero-order valence-electron chi connectivity index (χ0n) is 7.75. The van der Waals surface area contributed by atoms with Gasteiger partial charge in [0.15, 0.2) is 0 Å². The van der Waals surface area contributed by atoms with Crippen molar-refractivity contribution in [2.24, 2.45) is 0 Å². The zero-order chi connectivity index (χ0) is 10.6. The highest BCUT2D eigenvalue weighted by Gasteiger charge is 2.10. The Morgan fingerprint density at radius 3 is 3.07 bits per heavy atom. The van der Waals surface area contributed by atoms with Gasteiger partial charge in [0.05, 0.1) is 17.6 Å². The molecule has 1 unspecified atom stereocenters. The lowest BCUT2D eigenvalue weighted by atomic mass is 10.3. The quantitative estimate of drug-likeness (QED) is 0.487. The van der Waals surface area contributed by atoms with Gasteiger partial charge in [-0.1, -0.05) is 0 Å². The van der Waals surface area contributed by atoms with Gasteiger partial charge in [-0.3, -0.25) is 14.8 Å². The maximum Gasteiger partial charge on any atom is 0.306 e. The molecular weight excluding hydrogens is 188 g/mol. The summed E-state index contributed by atoms with van der Waals surface area (Å²) in [6.45, 7) is 0.669. The predicted octanol–water partition coefficient (Wildman–Crippen LogP) is -0.628. The second-order valence-electron chi connectivity index (χ2n) is 2.89. The molecular formula is C7H12N4O3. The molecule has 1 aromatic heterocycles. The minimum Gasteiger partial charge on any atom is -0.390 e. The zero-order valence-corrected chi connectivity index (χ0v) is 7.75. The van der Waals surface area contributed by atoms with Gasteiger partial charge in [0.1, 0.15) is 12.4 Å². The standard InChI is InChI=1S/C7H12N4O3/c1-8-3-7(12)5-10-4-6(2-9-10)11(13)14/h2,4,7-8,12H,3,5H2,1H3. The summed E-state index contributed by atoms with van der Waals surface area (Å²) < 4.78 is 1.35. The fraction of sp³-hybridized carbons (Fsp3) is 0.571. The van der Waals surface area contributed by atoms with E-state index in [9.17, 15) is 15.2 Å². The number of aliphatic hydroxyl groups is 1. The van der Waals surface area contributed by atoms with Crippen molar-refractivity contribution in [3.63, 3.8) is 0 Å². The van der Waals surface area contributed by atoms with Crippen LogP contribution in [0.1, 0.15) is 0 Å². The Balaban J connectivity index is 2.55. The Labute approximate surface area is 80.5 Å². The van der Waals surface area contributed by atoms with Gasteiger partial charge in [-0.15, -0.1) is 0 Å². The van der Waals surface area contributed by atoms with Crippen LogP contribution in [0.5, 0.6) is 0 Å². The molecule has 0 amide bonds. The molecule has 0 aliphatic heterocycles. The molecule has 2 N–H and O–H groups in total. The number of nitrogens with one attached hydrogen (secondary N) is 1. The van der Waals surface area contributed by atoms with Gasteiger partial charge in [0.2, 0.25) is 0 Å². The molecule has 0 radical (unpaired) electrons. The van der Waals surface area contributed by atoms with Crippen molar-refractivity contribution in [1.82, 2.24) is 15.1 Å². The van der Waals surface area contributed by atoms with Gasteiger partial charge in [-0.05, 0) is 7.05 Å². The first-order valence-electron chi connectivity index (χ1n) is 4.13. The molecule has 7 nitrogen and oxygen atoms in total. The van der Waals surface area contributed by atoms with E-state index in [-0.39, 0.29) is 12.2 Å². The largest absolute Gasteiger partial charge is 0.390 e. The van der Waals surface area contributed by atoms with Crippen molar-refractivity contribution in [2.45, 2.75) is 12.6 Å². The summed E-state index contributed by atoms with van der Waals surface area (Å²) >= 11 is 0. The molecule has 0 aliphatic rings. The van der Waals surface area contributed by atoms with Crippen molar-refractivity contribution < 1.29 is 10.0 Å². The molecule has 0 spiro atoms. The number of nitrogens with zero attached hydrogens (tertiary/aromatic N) is 3. The average molecular weight is 200 g/mol. The average Bonchev–Trinajstić information content (AvgIpc) is 2.53. The molecule has 0 saturated carbocycles. The number of likely N-dealkylation sites (N-methyl/N-ethyl adjacent to an activating group) is 1. The Hall–Kier alpha value is -1.47. The first-order chi connectivity index (χ1) is 6.63. The summed E-state index contributed by atoms with van der Waals surface area (Å²) in [6.07, 6.45) is 1.85. The van der Waals surface area contributed by atoms with E-state index < -0.39 is 11.0 Å². The molecule has 0 fully saturated rings. The van der Waals surface area contributed by atoms with Crippen molar-refractivity contribution in [3.05, 3.63) is 22.5 Å². The van der Waals surface area contributed by atoms with Crippen molar-refractivity contribution >= 4 is 5.69 Å². The Morgan fingerprint density at radius 1 is 1.86 bits per heavy atom. The van der Waals surface area contributed by atoms with E-state index in [1.54, 1.807) is 7.05 Å². The molecule has 14 heavy (non-hydrogen) atoms. The molecule has 0 aromatic carbocycles. The first kappa shape index (κ1) is 10.6. The smallest absolute Gasteiger partial charge is 0.306 e. The maximum atomic E-state index is 10.3. The molecule has 7 heteroatoms. The minimum absolute atomic E-state index is 0.0679. The van der Waals surface area contributed by atoms with Gasteiger partial charge >= 0.3 is 5.69 Å². The van der Waals surface area contributed by atoms with E-state index in [1.807, 2.05) is 0 Å². The van der Waals surface area contributed by atoms with Gasteiger partial charge < -0.3 is 10.4 Å². The second kappa shape index (κ2) is 4.68. The fourth-order valence-corrected chi connectivity index (χ4v) is 1.06. The van der Waals surface area contributed by atoms with E-state index >= 15 is 0 Å². The third kappa shape index (κ3) is 2.79. The lowest BCUT2D eigenvalue weighted by Gasteiger charge is -2.08. The Morgan fingerprint density at radius 2 is 2.57 bits per heavy atom. The summed E-state index contributed by atoms with van der Waals surface area (Å²) in [5.41, 5.74) is -0.0679. The third-order valence-electron chi connectivity index (χ3n) is 1.67. The van der Waals surface area contributed by atoms with Crippen LogP contribution in [-0.2, 0) is 6.54 Å². The van der Waals surface area contributed by atoms with Crippen LogP contribution in [0, 0.1) is 10.1 Å². The Kier molecular flexibility index (Phi) is 3.55. The van der Waals surface area contributed by atoms with Crippen molar-refractivity contribution in [1.29, 1.82) is 0 Å². The maximum absolute atomic E-state index is 10.3. The van der Waals surface area contributed by atoms with E-state index in [0.717, 1.165) is 6.20 Å². The van der Waals surface area contributed by atoms with E-state index in [1.165, 1.54) is 10.9 Å². The fourth-order valence-electron chi connectivity index (χ4n) is 1.06. The number of nitro groups is 1. The lowest BCUT2D eigenvalue weighted by Crippen LogP contribution is -2.27. The van der Waals surface area contributed by atoms with Crippen LogP contribution in [0.4, 0.5) is 5.69 Å². The number of hydrogen-bond donors (Lipinski definition) is 2. The lowest BCUT2D eigenvalue weighted by molar-refractivity contribution is -0.385. The summed E-state index contributed by atoms with van der Waals surface area (Å²) in [6, 6.07) is 0. The van der Waals surface area contributed by atoms with Crippen LogP contribution in [0.25, 0.3) is 0 Å². The van der Waals surface area contributed by atoms with Gasteiger partial charge in [-0.2, -0.15) is 5.10 Å². The minimum atomic E-state index is -0.598. The first-order valence-corrected chi connectivity index (χ1v) is 4.13. The summed E-state index contributed by atoms with van der Waals surface area (Å²) in [7, 11) is 1.72. The monoisotopic (exact) mass is 200 g/mol. The van der Waals surface area contributed by atoms with Crippen LogP contribution in [0.15, 0.2) is 12.4 Å². The molecule has 0 aliphatic carbocycles. The molecule has 78 valence electrons. The van der Waals surface area contributed by atoms with Gasteiger partial charge in [0.25, 0.3) is 0 Å². The van der Waals surface area contributed by atoms with Gasteiger partial charge in [0, 0.05) is 6.54 Å². The second-order valence-corrected chi connectivity index (χ2v) is 2.89. The highest BCUT2D eigenvalue weighted by atomic mass is 16.6. The van der Waals surface area contributed by atoms with E-state index in [0.29, 0.717) is 6.54 Å². The van der Waals surface area contributed by atoms with E-state index in [4.69, 9.17) is 0 Å². The SMILES string of the molecule is CNCC(O)Cn1cc([N+](=O)[O-])cn1. The van der Waals surface area contributed by atoms with Crippen molar-refractivity contribution in [2.75, 3.05) is 13.6 Å². The normalized spacial score (nSPS) is 12.7. The van der Waals surface area contributed by atoms with Crippen molar-refractivity contribution in [3.8, 4) is 0 Å². The molecule has 1 heterocycles. The van der Waals surface area contributed by atoms with Gasteiger partial charge in [-0.25, -0.2) is 0 Å². The topological polar surface area (TPSA) is 93.2 Å². The van der Waals surface area contributed by atoms with Crippen LogP contribution in [0.2, 0.25) is 0 Å². The van der Waals surface area contributed by atoms with Crippen LogP contribution in [0.3, 0.4) is 0 Å². The summed E-state index contributed by atoms with van der Waals surface area (Å²) in [5.74, 6) is 0. The highest BCUT2D eigenvalue weighted by molar-refractivity contribution is 5.20. The van der Waals surface area contributed by atoms with Crippen LogP contribution in [-0.4, -0.2) is 39.5 Å². The highest BCUT2D eigenvalue weighted by Crippen LogP contribution is 2.07. The molecule has 0 bridgehead atoms. The number of hydrogen-bond acceptors (Lipinski definition) is 5. The number of aromatic nitrogens is 2.